The highest BCUT2D eigenvalue weighted by atomic mass is 16.1. The van der Waals surface area contributed by atoms with E-state index < -0.39 is 0 Å². The summed E-state index contributed by atoms with van der Waals surface area (Å²) in [5, 5.41) is 3.00. The number of benzene rings is 1. The highest BCUT2D eigenvalue weighted by molar-refractivity contribution is 5.97. The van der Waals surface area contributed by atoms with Gasteiger partial charge in [-0.15, -0.1) is 0 Å². The Morgan fingerprint density at radius 1 is 1.32 bits per heavy atom. The van der Waals surface area contributed by atoms with Gasteiger partial charge in [0.25, 0.3) is 11.5 Å². The molecule has 1 aliphatic heterocycles. The van der Waals surface area contributed by atoms with Gasteiger partial charge in [-0.2, -0.15) is 0 Å². The number of likely N-dealkylation sites (tertiary alicyclic amines) is 1. The summed E-state index contributed by atoms with van der Waals surface area (Å²) in [7, 11) is 1.72. The molecule has 0 unspecified atom stereocenters. The van der Waals surface area contributed by atoms with E-state index in [1.807, 2.05) is 0 Å². The number of aryl methyl sites for hydroxylation is 2. The van der Waals surface area contributed by atoms with Crippen LogP contribution in [0.15, 0.2) is 23.0 Å². The van der Waals surface area contributed by atoms with Gasteiger partial charge in [0.2, 0.25) is 0 Å². The minimum absolute atomic E-state index is 0.0937. The summed E-state index contributed by atoms with van der Waals surface area (Å²) < 4.78 is 1.57. The zero-order valence-electron chi connectivity index (χ0n) is 15.2. The molecule has 134 valence electrons. The van der Waals surface area contributed by atoms with Crippen molar-refractivity contribution in [2.45, 2.75) is 39.2 Å². The maximum absolute atomic E-state index is 12.4. The first-order chi connectivity index (χ1) is 12.0. The molecule has 25 heavy (non-hydrogen) atoms. The standard InChI is InChI=1S/C19H26N4O2/c1-13(23-10-4-5-11-23)8-9-20-18(24)15-6-7-17-16(12-15)21-14(2)19(25)22(17)3/h6-7,12-13H,4-5,8-11H2,1-3H3,(H,20,24)/t13-/m1/s1. The Morgan fingerprint density at radius 3 is 2.76 bits per heavy atom. The first-order valence-electron chi connectivity index (χ1n) is 8.97. The molecule has 1 aliphatic rings. The maximum atomic E-state index is 12.4. The Bertz CT molecular complexity index is 837. The lowest BCUT2D eigenvalue weighted by atomic mass is 10.1. The van der Waals surface area contributed by atoms with Gasteiger partial charge in [0, 0.05) is 25.2 Å². The third kappa shape index (κ3) is 3.74. The van der Waals surface area contributed by atoms with Crippen LogP contribution in [0.25, 0.3) is 11.0 Å². The van der Waals surface area contributed by atoms with Crippen molar-refractivity contribution in [3.8, 4) is 0 Å². The molecule has 3 rings (SSSR count). The molecule has 1 atom stereocenters. The fourth-order valence-electron chi connectivity index (χ4n) is 3.48. The van der Waals surface area contributed by atoms with Crippen LogP contribution in [0.5, 0.6) is 0 Å². The molecule has 0 saturated carbocycles. The van der Waals surface area contributed by atoms with Crippen LogP contribution in [0.1, 0.15) is 42.2 Å². The van der Waals surface area contributed by atoms with E-state index in [-0.39, 0.29) is 11.5 Å². The van der Waals surface area contributed by atoms with E-state index in [0.29, 0.717) is 29.4 Å². The number of aromatic nitrogens is 2. The molecule has 0 bridgehead atoms. The van der Waals surface area contributed by atoms with Crippen LogP contribution in [0.4, 0.5) is 0 Å². The second kappa shape index (κ2) is 7.35. The van der Waals surface area contributed by atoms with Crippen LogP contribution in [-0.4, -0.2) is 46.0 Å². The van der Waals surface area contributed by atoms with Gasteiger partial charge in [-0.3, -0.25) is 9.59 Å². The maximum Gasteiger partial charge on any atom is 0.272 e. The number of carbonyl (C=O) groups is 1. The fourth-order valence-corrected chi connectivity index (χ4v) is 3.48. The summed E-state index contributed by atoms with van der Waals surface area (Å²) in [5.74, 6) is -0.0937. The SMILES string of the molecule is Cc1nc2cc(C(=O)NCC[C@@H](C)N3CCCC3)ccc2n(C)c1=O. The minimum Gasteiger partial charge on any atom is -0.352 e. The second-order valence-corrected chi connectivity index (χ2v) is 6.90. The summed E-state index contributed by atoms with van der Waals surface area (Å²) in [6, 6.07) is 5.78. The molecule has 1 amide bonds. The van der Waals surface area contributed by atoms with Gasteiger partial charge in [-0.1, -0.05) is 0 Å². The largest absolute Gasteiger partial charge is 0.352 e. The van der Waals surface area contributed by atoms with Crippen LogP contribution >= 0.6 is 0 Å². The molecular formula is C19H26N4O2. The van der Waals surface area contributed by atoms with Crippen LogP contribution < -0.4 is 10.9 Å². The third-order valence-corrected chi connectivity index (χ3v) is 5.11. The van der Waals surface area contributed by atoms with Crippen molar-refractivity contribution in [2.75, 3.05) is 19.6 Å². The van der Waals surface area contributed by atoms with Crippen LogP contribution in [0.3, 0.4) is 0 Å². The topological polar surface area (TPSA) is 67.2 Å². The van der Waals surface area contributed by atoms with Crippen molar-refractivity contribution in [1.29, 1.82) is 0 Å². The van der Waals surface area contributed by atoms with E-state index in [9.17, 15) is 9.59 Å². The predicted octanol–water partition coefficient (Wildman–Crippen LogP) is 1.85. The lowest BCUT2D eigenvalue weighted by molar-refractivity contribution is 0.0949. The molecule has 2 heterocycles. The molecule has 0 radical (unpaired) electrons. The molecule has 6 nitrogen and oxygen atoms in total. The number of fused-ring (bicyclic) bond motifs is 1. The number of hydrogen-bond donors (Lipinski definition) is 1. The molecule has 0 aliphatic carbocycles. The lowest BCUT2D eigenvalue weighted by Crippen LogP contribution is -2.34. The van der Waals surface area contributed by atoms with Gasteiger partial charge in [0.15, 0.2) is 0 Å². The fraction of sp³-hybridized carbons (Fsp3) is 0.526. The van der Waals surface area contributed by atoms with E-state index >= 15 is 0 Å². The zero-order chi connectivity index (χ0) is 18.0. The van der Waals surface area contributed by atoms with Gasteiger partial charge in [0.1, 0.15) is 5.69 Å². The normalized spacial score (nSPS) is 16.3. The van der Waals surface area contributed by atoms with E-state index in [1.165, 1.54) is 25.9 Å². The Labute approximate surface area is 147 Å². The molecule has 1 fully saturated rings. The van der Waals surface area contributed by atoms with Crippen LogP contribution in [0, 0.1) is 6.92 Å². The molecule has 1 aromatic carbocycles. The predicted molar refractivity (Wildman–Crippen MR) is 98.9 cm³/mol. The first-order valence-corrected chi connectivity index (χ1v) is 8.97. The minimum atomic E-state index is -0.111. The smallest absolute Gasteiger partial charge is 0.272 e. The second-order valence-electron chi connectivity index (χ2n) is 6.90. The van der Waals surface area contributed by atoms with Crippen molar-refractivity contribution < 1.29 is 4.79 Å². The average Bonchev–Trinajstić information content (AvgIpc) is 3.14. The number of nitrogens with one attached hydrogen (secondary N) is 1. The van der Waals surface area contributed by atoms with Gasteiger partial charge >= 0.3 is 0 Å². The van der Waals surface area contributed by atoms with Crippen molar-refractivity contribution in [1.82, 2.24) is 19.8 Å². The Hall–Kier alpha value is -2.21. The third-order valence-electron chi connectivity index (χ3n) is 5.11. The van der Waals surface area contributed by atoms with Crippen molar-refractivity contribution in [3.63, 3.8) is 0 Å². The summed E-state index contributed by atoms with van der Waals surface area (Å²) in [4.78, 5) is 31.1. The van der Waals surface area contributed by atoms with E-state index in [1.54, 1.807) is 36.7 Å². The first kappa shape index (κ1) is 17.6. The molecule has 1 aromatic heterocycles. The Kier molecular flexibility index (Phi) is 5.18. The highest BCUT2D eigenvalue weighted by Gasteiger charge is 2.18. The molecular weight excluding hydrogens is 316 g/mol. The van der Waals surface area contributed by atoms with Gasteiger partial charge < -0.3 is 14.8 Å². The molecule has 6 heteroatoms. The van der Waals surface area contributed by atoms with Crippen molar-refractivity contribution in [2.24, 2.45) is 7.05 Å². The van der Waals surface area contributed by atoms with E-state index in [0.717, 1.165) is 11.9 Å². The highest BCUT2D eigenvalue weighted by Crippen LogP contribution is 2.14. The number of hydrogen-bond acceptors (Lipinski definition) is 4. The summed E-state index contributed by atoms with van der Waals surface area (Å²) in [5.41, 5.74) is 2.30. The summed E-state index contributed by atoms with van der Waals surface area (Å²) >= 11 is 0. The van der Waals surface area contributed by atoms with Crippen LogP contribution in [-0.2, 0) is 7.05 Å². The quantitative estimate of drug-likeness (QED) is 0.900. The van der Waals surface area contributed by atoms with E-state index in [2.05, 4.69) is 22.1 Å². The molecule has 1 N–H and O–H groups in total. The lowest BCUT2D eigenvalue weighted by Gasteiger charge is -2.23. The number of nitrogens with zero attached hydrogens (tertiary/aromatic N) is 3. The zero-order valence-corrected chi connectivity index (χ0v) is 15.2. The van der Waals surface area contributed by atoms with Gasteiger partial charge in [0.05, 0.1) is 11.0 Å². The average molecular weight is 342 g/mol. The number of rotatable bonds is 5. The number of amides is 1. The Morgan fingerprint density at radius 2 is 2.04 bits per heavy atom. The van der Waals surface area contributed by atoms with Crippen molar-refractivity contribution >= 4 is 16.9 Å². The number of carbonyl (C=O) groups excluding carboxylic acids is 1. The summed E-state index contributed by atoms with van der Waals surface area (Å²) in [6.07, 6.45) is 3.51. The van der Waals surface area contributed by atoms with Gasteiger partial charge in [-0.05, 0) is 64.4 Å². The monoisotopic (exact) mass is 342 g/mol. The Balaban J connectivity index is 1.65. The molecule has 2 aromatic rings. The van der Waals surface area contributed by atoms with E-state index in [4.69, 9.17) is 0 Å². The van der Waals surface area contributed by atoms with Crippen LogP contribution in [0.2, 0.25) is 0 Å². The van der Waals surface area contributed by atoms with Crippen molar-refractivity contribution in [3.05, 3.63) is 39.8 Å². The summed E-state index contributed by atoms with van der Waals surface area (Å²) in [6.45, 7) is 6.91. The van der Waals surface area contributed by atoms with Gasteiger partial charge in [-0.25, -0.2) is 4.98 Å². The molecule has 1 saturated heterocycles. The molecule has 0 spiro atoms.